The fourth-order valence-corrected chi connectivity index (χ4v) is 8.47. The lowest BCUT2D eigenvalue weighted by molar-refractivity contribution is 0.385. The minimum Gasteiger partial charge on any atom is -0.342 e. The minimum atomic E-state index is -2.76. The molecule has 0 bridgehead atoms. The molecule has 0 aromatic heterocycles. The van der Waals surface area contributed by atoms with Gasteiger partial charge < -0.3 is 4.52 Å². The van der Waals surface area contributed by atoms with Gasteiger partial charge in [-0.15, -0.1) is 0 Å². The van der Waals surface area contributed by atoms with Gasteiger partial charge in [0.25, 0.3) is 0 Å². The summed E-state index contributed by atoms with van der Waals surface area (Å²) in [4.78, 5) is 0. The van der Waals surface area contributed by atoms with Crippen LogP contribution >= 0.6 is 16.8 Å². The zero-order valence-electron chi connectivity index (χ0n) is 9.72. The second-order valence-corrected chi connectivity index (χ2v) is 13.8. The van der Waals surface area contributed by atoms with Gasteiger partial charge in [0, 0.05) is 18.5 Å². The Balaban J connectivity index is 2.42. The van der Waals surface area contributed by atoms with Gasteiger partial charge in [-0.2, -0.15) is 0 Å². The van der Waals surface area contributed by atoms with E-state index in [1.807, 2.05) is 6.92 Å². The Labute approximate surface area is 107 Å². The summed E-state index contributed by atoms with van der Waals surface area (Å²) in [5.74, 6) is 1.81. The van der Waals surface area contributed by atoms with Crippen molar-refractivity contribution in [2.24, 2.45) is 5.92 Å². The van der Waals surface area contributed by atoms with Crippen LogP contribution in [0.5, 0.6) is 0 Å². The van der Waals surface area contributed by atoms with E-state index in [-0.39, 0.29) is 5.92 Å². The molecule has 1 saturated heterocycles. The summed E-state index contributed by atoms with van der Waals surface area (Å²) in [6.45, 7) is 4.66. The highest BCUT2D eigenvalue weighted by Gasteiger charge is 2.29. The summed E-state index contributed by atoms with van der Waals surface area (Å²) >= 11 is 7.18. The molecule has 2 atom stereocenters. The predicted octanol–water partition coefficient (Wildman–Crippen LogP) is 2.52. The molecule has 96 valence electrons. The van der Waals surface area contributed by atoms with Gasteiger partial charge in [0.05, 0.1) is 11.5 Å². The summed E-state index contributed by atoms with van der Waals surface area (Å²) < 4.78 is 28.2. The van der Waals surface area contributed by atoms with Crippen molar-refractivity contribution < 1.29 is 12.9 Å². The third-order valence-corrected chi connectivity index (χ3v) is 11.6. The number of hydrogen-bond donors (Lipinski definition) is 0. The monoisotopic (exact) mass is 302 g/mol. The standard InChI is InChI=1S/C9H19O3PS3/c1-3-12-13(14,4-2)15-7-9-5-6-16(10,11)8-9/h9H,3-8H2,1-2H3. The largest absolute Gasteiger partial charge is 0.342 e. The van der Waals surface area contributed by atoms with Crippen molar-refractivity contribution >= 4 is 38.5 Å². The van der Waals surface area contributed by atoms with E-state index in [9.17, 15) is 8.42 Å². The number of hydrogen-bond acceptors (Lipinski definition) is 5. The van der Waals surface area contributed by atoms with Crippen LogP contribution in [-0.4, -0.2) is 38.4 Å². The van der Waals surface area contributed by atoms with Crippen molar-refractivity contribution in [2.45, 2.75) is 20.3 Å². The molecule has 2 unspecified atom stereocenters. The topological polar surface area (TPSA) is 43.4 Å². The van der Waals surface area contributed by atoms with Gasteiger partial charge in [0.2, 0.25) is 0 Å². The summed E-state index contributed by atoms with van der Waals surface area (Å²) in [5, 5.41) is 0. The zero-order valence-corrected chi connectivity index (χ0v) is 13.1. The van der Waals surface area contributed by atoms with Crippen molar-refractivity contribution in [1.82, 2.24) is 0 Å². The van der Waals surface area contributed by atoms with Gasteiger partial charge in [-0.3, -0.25) is 0 Å². The first-order chi connectivity index (χ1) is 7.41. The van der Waals surface area contributed by atoms with Gasteiger partial charge in [-0.05, 0) is 19.3 Å². The molecule has 1 fully saturated rings. The van der Waals surface area contributed by atoms with Crippen LogP contribution in [0.15, 0.2) is 0 Å². The Morgan fingerprint density at radius 1 is 1.50 bits per heavy atom. The average Bonchev–Trinajstić information content (AvgIpc) is 2.56. The minimum absolute atomic E-state index is 0.282. The zero-order chi connectivity index (χ0) is 12.2. The Morgan fingerprint density at radius 2 is 2.19 bits per heavy atom. The van der Waals surface area contributed by atoms with Crippen LogP contribution in [0.1, 0.15) is 20.3 Å². The van der Waals surface area contributed by atoms with Crippen LogP contribution in [-0.2, 0) is 26.2 Å². The van der Waals surface area contributed by atoms with Crippen molar-refractivity contribution in [1.29, 1.82) is 0 Å². The molecule has 0 aromatic carbocycles. The van der Waals surface area contributed by atoms with Crippen LogP contribution in [0.25, 0.3) is 0 Å². The summed E-state index contributed by atoms with van der Waals surface area (Å²) in [6.07, 6.45) is 1.67. The Morgan fingerprint density at radius 3 is 2.62 bits per heavy atom. The molecule has 0 aromatic rings. The van der Waals surface area contributed by atoms with Gasteiger partial charge in [0.15, 0.2) is 9.84 Å². The second-order valence-electron chi connectivity index (χ2n) is 3.91. The molecule has 0 spiro atoms. The van der Waals surface area contributed by atoms with E-state index in [1.165, 1.54) is 0 Å². The normalized spacial score (nSPS) is 27.8. The first kappa shape index (κ1) is 15.0. The maximum atomic E-state index is 11.3. The lowest BCUT2D eigenvalue weighted by Gasteiger charge is -2.20. The molecule has 0 amide bonds. The maximum Gasteiger partial charge on any atom is 0.150 e. The summed E-state index contributed by atoms with van der Waals surface area (Å²) in [7, 11) is -2.76. The molecule has 1 aliphatic heterocycles. The highest BCUT2D eigenvalue weighted by molar-refractivity contribution is 8.69. The molecule has 3 nitrogen and oxygen atoms in total. The van der Waals surface area contributed by atoms with Gasteiger partial charge >= 0.3 is 0 Å². The molecule has 1 aliphatic rings. The first-order valence-corrected chi connectivity index (χ1v) is 11.8. The maximum absolute atomic E-state index is 11.3. The lowest BCUT2D eigenvalue weighted by Crippen LogP contribution is -2.07. The molecule has 0 N–H and O–H groups in total. The number of rotatable bonds is 6. The SMILES string of the molecule is CCOP(=S)(CC)SCC1CCS(=O)(=O)C1. The Hall–Kier alpha value is 0.910. The van der Waals surface area contributed by atoms with Gasteiger partial charge in [-0.1, -0.05) is 30.1 Å². The Kier molecular flexibility index (Phi) is 5.79. The van der Waals surface area contributed by atoms with Crippen molar-refractivity contribution in [3.63, 3.8) is 0 Å². The highest BCUT2D eigenvalue weighted by atomic mass is 32.9. The summed E-state index contributed by atoms with van der Waals surface area (Å²) in [6, 6.07) is 0. The van der Waals surface area contributed by atoms with E-state index in [0.29, 0.717) is 18.1 Å². The van der Waals surface area contributed by atoms with E-state index < -0.39 is 15.3 Å². The van der Waals surface area contributed by atoms with Crippen molar-refractivity contribution in [3.05, 3.63) is 0 Å². The van der Waals surface area contributed by atoms with E-state index >= 15 is 0 Å². The van der Waals surface area contributed by atoms with Crippen LogP contribution in [0.4, 0.5) is 0 Å². The molecule has 7 heteroatoms. The molecule has 0 aliphatic carbocycles. The van der Waals surface area contributed by atoms with Crippen LogP contribution in [0, 0.1) is 5.92 Å². The van der Waals surface area contributed by atoms with E-state index in [0.717, 1.165) is 18.3 Å². The van der Waals surface area contributed by atoms with Crippen molar-refractivity contribution in [2.75, 3.05) is 30.0 Å². The van der Waals surface area contributed by atoms with E-state index in [2.05, 4.69) is 6.92 Å². The summed E-state index contributed by atoms with van der Waals surface area (Å²) in [5.41, 5.74) is -1.74. The smallest absolute Gasteiger partial charge is 0.150 e. The third kappa shape index (κ3) is 4.65. The quantitative estimate of drug-likeness (QED) is 0.705. The average molecular weight is 302 g/mol. The molecule has 1 heterocycles. The number of sulfone groups is 1. The van der Waals surface area contributed by atoms with Crippen molar-refractivity contribution in [3.8, 4) is 0 Å². The van der Waals surface area contributed by atoms with Crippen LogP contribution < -0.4 is 0 Å². The fraction of sp³-hybridized carbons (Fsp3) is 1.00. The third-order valence-electron chi connectivity index (χ3n) is 2.55. The lowest BCUT2D eigenvalue weighted by atomic mass is 10.2. The predicted molar refractivity (Wildman–Crippen MR) is 75.7 cm³/mol. The molecule has 0 radical (unpaired) electrons. The first-order valence-electron chi connectivity index (χ1n) is 5.49. The van der Waals surface area contributed by atoms with E-state index in [1.54, 1.807) is 11.4 Å². The Bertz CT molecular complexity index is 366. The van der Waals surface area contributed by atoms with Gasteiger partial charge in [0.1, 0.15) is 5.47 Å². The molecule has 16 heavy (non-hydrogen) atoms. The van der Waals surface area contributed by atoms with Crippen LogP contribution in [0.2, 0.25) is 0 Å². The van der Waals surface area contributed by atoms with Gasteiger partial charge in [-0.25, -0.2) is 8.42 Å². The highest BCUT2D eigenvalue weighted by Crippen LogP contribution is 2.60. The fourth-order valence-electron chi connectivity index (χ4n) is 1.64. The van der Waals surface area contributed by atoms with E-state index in [4.69, 9.17) is 16.3 Å². The molecular formula is C9H19O3PS3. The van der Waals surface area contributed by atoms with Crippen LogP contribution in [0.3, 0.4) is 0 Å². The molecule has 1 rings (SSSR count). The molecule has 0 saturated carbocycles. The molecular weight excluding hydrogens is 283 g/mol. The second kappa shape index (κ2) is 6.19.